The minimum absolute atomic E-state index is 0.162. The van der Waals surface area contributed by atoms with E-state index in [-0.39, 0.29) is 11.7 Å². The van der Waals surface area contributed by atoms with Crippen LogP contribution >= 0.6 is 0 Å². The fourth-order valence-corrected chi connectivity index (χ4v) is 1.90. The summed E-state index contributed by atoms with van der Waals surface area (Å²) < 4.78 is 4.59. The van der Waals surface area contributed by atoms with E-state index in [1.54, 1.807) is 0 Å². The highest BCUT2D eigenvalue weighted by Gasteiger charge is 2.11. The molecule has 0 bridgehead atoms. The van der Waals surface area contributed by atoms with Crippen molar-refractivity contribution in [2.24, 2.45) is 0 Å². The van der Waals surface area contributed by atoms with Crippen molar-refractivity contribution in [3.05, 3.63) is 54.0 Å². The Kier molecular flexibility index (Phi) is 4.65. The van der Waals surface area contributed by atoms with Gasteiger partial charge in [0.25, 0.3) is 0 Å². The second-order valence-corrected chi connectivity index (χ2v) is 4.29. The number of carbonyl (C=O) groups excluding carboxylic acids is 1. The first kappa shape index (κ1) is 14.0. The molecule has 104 valence electrons. The topological polar surface area (TPSA) is 64.1 Å². The molecule has 1 aromatic heterocycles. The van der Waals surface area contributed by atoms with E-state index < -0.39 is 5.97 Å². The molecular weight excluding hydrogens is 254 g/mol. The lowest BCUT2D eigenvalue weighted by Crippen LogP contribution is -2.12. The third-order valence-electron chi connectivity index (χ3n) is 2.98. The predicted molar refractivity (Wildman–Crippen MR) is 76.5 cm³/mol. The van der Waals surface area contributed by atoms with Gasteiger partial charge in [-0.05, 0) is 12.0 Å². The first-order valence-corrected chi connectivity index (χ1v) is 6.46. The van der Waals surface area contributed by atoms with Crippen LogP contribution in [0.2, 0.25) is 0 Å². The van der Waals surface area contributed by atoms with Gasteiger partial charge in [0.1, 0.15) is 5.82 Å². The van der Waals surface area contributed by atoms with Crippen LogP contribution < -0.4 is 5.32 Å². The number of rotatable bonds is 5. The molecule has 0 saturated heterocycles. The second-order valence-electron chi connectivity index (χ2n) is 4.29. The standard InChI is InChI=1S/C15H17N3O2/c1-3-12(11-7-5-4-6-8-11)18-14-10-16-13(9-17-14)15(19)20-2/h4-10,12H,3H2,1-2H3,(H,17,18). The predicted octanol–water partition coefficient (Wildman–Crippen LogP) is 2.83. The molecule has 20 heavy (non-hydrogen) atoms. The normalized spacial score (nSPS) is 11.7. The number of benzene rings is 1. The van der Waals surface area contributed by atoms with Gasteiger partial charge in [0.2, 0.25) is 0 Å². The van der Waals surface area contributed by atoms with Gasteiger partial charge in [-0.1, -0.05) is 37.3 Å². The fourth-order valence-electron chi connectivity index (χ4n) is 1.90. The van der Waals surface area contributed by atoms with E-state index >= 15 is 0 Å². The Bertz CT molecular complexity index is 555. The van der Waals surface area contributed by atoms with Crippen LogP contribution in [-0.4, -0.2) is 23.0 Å². The van der Waals surface area contributed by atoms with Crippen molar-refractivity contribution in [3.8, 4) is 0 Å². The van der Waals surface area contributed by atoms with Gasteiger partial charge in [-0.2, -0.15) is 0 Å². The summed E-state index contributed by atoms with van der Waals surface area (Å²) in [6, 6.07) is 10.3. The fraction of sp³-hybridized carbons (Fsp3) is 0.267. The third-order valence-corrected chi connectivity index (χ3v) is 2.98. The maximum Gasteiger partial charge on any atom is 0.358 e. The minimum atomic E-state index is -0.487. The van der Waals surface area contributed by atoms with Crippen molar-refractivity contribution in [2.45, 2.75) is 19.4 Å². The first-order valence-electron chi connectivity index (χ1n) is 6.46. The second kappa shape index (κ2) is 6.65. The Balaban J connectivity index is 2.10. The number of nitrogens with zero attached hydrogens (tertiary/aromatic N) is 2. The Hall–Kier alpha value is -2.43. The first-order chi connectivity index (χ1) is 9.74. The Morgan fingerprint density at radius 2 is 2.00 bits per heavy atom. The summed E-state index contributed by atoms with van der Waals surface area (Å²) in [5.74, 6) is 0.146. The van der Waals surface area contributed by atoms with Crippen molar-refractivity contribution in [1.29, 1.82) is 0 Å². The number of esters is 1. The molecule has 5 heteroatoms. The molecule has 1 atom stereocenters. The van der Waals surface area contributed by atoms with E-state index in [0.29, 0.717) is 5.82 Å². The smallest absolute Gasteiger partial charge is 0.358 e. The quantitative estimate of drug-likeness (QED) is 0.847. The van der Waals surface area contributed by atoms with Gasteiger partial charge < -0.3 is 10.1 Å². The summed E-state index contributed by atoms with van der Waals surface area (Å²) in [4.78, 5) is 19.5. The number of anilines is 1. The average molecular weight is 271 g/mol. The van der Waals surface area contributed by atoms with Gasteiger partial charge in [-0.25, -0.2) is 14.8 Å². The lowest BCUT2D eigenvalue weighted by atomic mass is 10.1. The zero-order valence-electron chi connectivity index (χ0n) is 11.5. The van der Waals surface area contributed by atoms with Gasteiger partial charge >= 0.3 is 5.97 Å². The Morgan fingerprint density at radius 1 is 1.25 bits per heavy atom. The average Bonchev–Trinajstić information content (AvgIpc) is 2.53. The Morgan fingerprint density at radius 3 is 2.55 bits per heavy atom. The summed E-state index contributed by atoms with van der Waals surface area (Å²) in [7, 11) is 1.32. The summed E-state index contributed by atoms with van der Waals surface area (Å²) in [6.45, 7) is 2.10. The number of hydrogen-bond acceptors (Lipinski definition) is 5. The van der Waals surface area contributed by atoms with E-state index in [9.17, 15) is 4.79 Å². The number of aromatic nitrogens is 2. The Labute approximate surface area is 118 Å². The number of carbonyl (C=O) groups is 1. The van der Waals surface area contributed by atoms with Gasteiger partial charge in [-0.3, -0.25) is 0 Å². The molecule has 0 spiro atoms. The highest BCUT2D eigenvalue weighted by molar-refractivity contribution is 5.86. The van der Waals surface area contributed by atoms with Gasteiger partial charge in [0.15, 0.2) is 5.69 Å². The summed E-state index contributed by atoms with van der Waals surface area (Å²) in [6.07, 6.45) is 3.87. The van der Waals surface area contributed by atoms with Crippen molar-refractivity contribution in [1.82, 2.24) is 9.97 Å². The molecule has 0 radical (unpaired) electrons. The van der Waals surface area contributed by atoms with Gasteiger partial charge in [0, 0.05) is 0 Å². The summed E-state index contributed by atoms with van der Waals surface area (Å²) in [5.41, 5.74) is 1.39. The summed E-state index contributed by atoms with van der Waals surface area (Å²) >= 11 is 0. The third kappa shape index (κ3) is 3.32. The maximum atomic E-state index is 11.3. The molecule has 0 aliphatic heterocycles. The van der Waals surface area contributed by atoms with E-state index in [4.69, 9.17) is 0 Å². The van der Waals surface area contributed by atoms with Gasteiger partial charge in [0.05, 0.1) is 25.5 Å². The van der Waals surface area contributed by atoms with Gasteiger partial charge in [-0.15, -0.1) is 0 Å². The van der Waals surface area contributed by atoms with Crippen LogP contribution in [0.4, 0.5) is 5.82 Å². The molecule has 0 aliphatic carbocycles. The van der Waals surface area contributed by atoms with Crippen LogP contribution in [-0.2, 0) is 4.74 Å². The van der Waals surface area contributed by atoms with Crippen molar-refractivity contribution in [2.75, 3.05) is 12.4 Å². The molecule has 0 saturated carbocycles. The molecule has 1 N–H and O–H groups in total. The van der Waals surface area contributed by atoms with Crippen LogP contribution in [0.25, 0.3) is 0 Å². The molecule has 0 fully saturated rings. The lowest BCUT2D eigenvalue weighted by molar-refractivity contribution is 0.0593. The van der Waals surface area contributed by atoms with Crippen LogP contribution in [0, 0.1) is 0 Å². The maximum absolute atomic E-state index is 11.3. The molecule has 5 nitrogen and oxygen atoms in total. The molecule has 0 amide bonds. The van der Waals surface area contributed by atoms with Crippen molar-refractivity contribution < 1.29 is 9.53 Å². The zero-order valence-corrected chi connectivity index (χ0v) is 11.5. The SMILES string of the molecule is CCC(Nc1cnc(C(=O)OC)cn1)c1ccccc1. The van der Waals surface area contributed by atoms with Crippen molar-refractivity contribution in [3.63, 3.8) is 0 Å². The van der Waals surface area contributed by atoms with E-state index in [1.807, 2.05) is 18.2 Å². The number of nitrogens with one attached hydrogen (secondary N) is 1. The number of ether oxygens (including phenoxy) is 1. The molecule has 2 rings (SSSR count). The highest BCUT2D eigenvalue weighted by Crippen LogP contribution is 2.20. The van der Waals surface area contributed by atoms with Crippen LogP contribution in [0.3, 0.4) is 0 Å². The molecule has 1 heterocycles. The van der Waals surface area contributed by atoms with Crippen LogP contribution in [0.1, 0.15) is 35.4 Å². The molecular formula is C15H17N3O2. The molecule has 1 unspecified atom stereocenters. The molecule has 0 aliphatic rings. The lowest BCUT2D eigenvalue weighted by Gasteiger charge is -2.17. The minimum Gasteiger partial charge on any atom is -0.464 e. The van der Waals surface area contributed by atoms with E-state index in [0.717, 1.165) is 6.42 Å². The zero-order chi connectivity index (χ0) is 14.4. The van der Waals surface area contributed by atoms with E-state index in [2.05, 4.69) is 39.1 Å². The highest BCUT2D eigenvalue weighted by atomic mass is 16.5. The largest absolute Gasteiger partial charge is 0.464 e. The number of hydrogen-bond donors (Lipinski definition) is 1. The monoisotopic (exact) mass is 271 g/mol. The van der Waals surface area contributed by atoms with Crippen LogP contribution in [0.15, 0.2) is 42.7 Å². The van der Waals surface area contributed by atoms with Crippen molar-refractivity contribution >= 4 is 11.8 Å². The molecule has 1 aromatic carbocycles. The summed E-state index contributed by atoms with van der Waals surface area (Å²) in [5, 5.41) is 3.30. The van der Waals surface area contributed by atoms with Crippen LogP contribution in [0.5, 0.6) is 0 Å². The molecule has 2 aromatic rings. The van der Waals surface area contributed by atoms with E-state index in [1.165, 1.54) is 25.1 Å². The number of methoxy groups -OCH3 is 1.